The number of thioether (sulfide) groups is 1. The summed E-state index contributed by atoms with van der Waals surface area (Å²) in [6.07, 6.45) is 3.59. The van der Waals surface area contributed by atoms with E-state index in [0.29, 0.717) is 14.9 Å². The molecule has 4 heterocycles. The fourth-order valence-electron chi connectivity index (χ4n) is 4.20. The predicted octanol–water partition coefficient (Wildman–Crippen LogP) is 3.81. The molecule has 1 aromatic carbocycles. The SMILES string of the molecule is CC(C)(C)N1CCN(c2ccc(-c3cnc4ccc(C=C5SC(=S)NC5=O)nn34)cc2)CC1. The quantitative estimate of drug-likeness (QED) is 0.454. The Hall–Kier alpha value is -2.75. The molecule has 7 nitrogen and oxygen atoms in total. The minimum Gasteiger partial charge on any atom is -0.369 e. The van der Waals surface area contributed by atoms with Gasteiger partial charge in [-0.2, -0.15) is 5.10 Å². The van der Waals surface area contributed by atoms with Crippen molar-refractivity contribution in [3.63, 3.8) is 0 Å². The molecule has 2 saturated heterocycles. The smallest absolute Gasteiger partial charge is 0.263 e. The van der Waals surface area contributed by atoms with Crippen LogP contribution in [-0.2, 0) is 4.79 Å². The van der Waals surface area contributed by atoms with Crippen molar-refractivity contribution in [2.75, 3.05) is 31.1 Å². The van der Waals surface area contributed by atoms with Gasteiger partial charge in [0.05, 0.1) is 22.5 Å². The third kappa shape index (κ3) is 4.53. The zero-order valence-electron chi connectivity index (χ0n) is 18.9. The van der Waals surface area contributed by atoms with E-state index in [1.807, 2.05) is 22.8 Å². The van der Waals surface area contributed by atoms with Gasteiger partial charge in [0.25, 0.3) is 5.91 Å². The molecule has 2 aliphatic rings. The highest BCUT2D eigenvalue weighted by Gasteiger charge is 2.26. The summed E-state index contributed by atoms with van der Waals surface area (Å²) in [7, 11) is 0. The molecule has 0 atom stereocenters. The normalized spacial score (nSPS) is 19.0. The number of nitrogens with zero attached hydrogens (tertiary/aromatic N) is 5. The fourth-order valence-corrected chi connectivity index (χ4v) is 5.22. The molecule has 0 radical (unpaired) electrons. The van der Waals surface area contributed by atoms with Crippen LogP contribution in [0, 0.1) is 0 Å². The average molecular weight is 479 g/mol. The number of fused-ring (bicyclic) bond motifs is 1. The van der Waals surface area contributed by atoms with Crippen LogP contribution in [0.5, 0.6) is 0 Å². The lowest BCUT2D eigenvalue weighted by atomic mass is 10.0. The van der Waals surface area contributed by atoms with Crippen LogP contribution < -0.4 is 10.2 Å². The van der Waals surface area contributed by atoms with E-state index in [-0.39, 0.29) is 11.4 Å². The largest absolute Gasteiger partial charge is 0.369 e. The van der Waals surface area contributed by atoms with Crippen LogP contribution >= 0.6 is 24.0 Å². The summed E-state index contributed by atoms with van der Waals surface area (Å²) >= 11 is 6.32. The summed E-state index contributed by atoms with van der Waals surface area (Å²) in [5.74, 6) is -0.184. The lowest BCUT2D eigenvalue weighted by Gasteiger charge is -2.43. The van der Waals surface area contributed by atoms with Crippen molar-refractivity contribution in [1.29, 1.82) is 0 Å². The van der Waals surface area contributed by atoms with E-state index in [1.165, 1.54) is 17.4 Å². The molecule has 2 aliphatic heterocycles. The van der Waals surface area contributed by atoms with Gasteiger partial charge < -0.3 is 10.2 Å². The molecule has 5 rings (SSSR count). The van der Waals surface area contributed by atoms with Gasteiger partial charge in [-0.05, 0) is 51.1 Å². The molecule has 0 spiro atoms. The van der Waals surface area contributed by atoms with Crippen molar-refractivity contribution >= 4 is 51.6 Å². The molecule has 170 valence electrons. The van der Waals surface area contributed by atoms with Gasteiger partial charge in [-0.25, -0.2) is 9.50 Å². The Balaban J connectivity index is 1.37. The summed E-state index contributed by atoms with van der Waals surface area (Å²) in [5, 5.41) is 7.34. The maximum Gasteiger partial charge on any atom is 0.263 e. The van der Waals surface area contributed by atoms with E-state index >= 15 is 0 Å². The number of anilines is 1. The third-order valence-electron chi connectivity index (χ3n) is 6.06. The second kappa shape index (κ2) is 8.55. The summed E-state index contributed by atoms with van der Waals surface area (Å²) in [6, 6.07) is 12.4. The van der Waals surface area contributed by atoms with Crippen molar-refractivity contribution < 1.29 is 4.79 Å². The van der Waals surface area contributed by atoms with Crippen molar-refractivity contribution in [3.8, 4) is 11.3 Å². The Morgan fingerprint density at radius 2 is 1.79 bits per heavy atom. The Kier molecular flexibility index (Phi) is 5.72. The first-order valence-electron chi connectivity index (χ1n) is 11.0. The molecule has 1 N–H and O–H groups in total. The standard InChI is InChI=1S/C24H26N6OS2/c1-24(2,3)29-12-10-28(11-13-29)18-7-4-16(5-8-18)19-15-25-21-9-6-17(27-30(19)21)14-20-22(31)26-23(32)33-20/h4-9,14-15H,10-13H2,1-3H3,(H,26,31,32). The maximum absolute atomic E-state index is 12.0. The molecule has 1 amide bonds. The Bertz CT molecular complexity index is 1250. The Labute approximate surface area is 202 Å². The molecule has 0 bridgehead atoms. The molecule has 2 fully saturated rings. The van der Waals surface area contributed by atoms with E-state index in [4.69, 9.17) is 17.3 Å². The number of carbonyl (C=O) groups is 1. The predicted molar refractivity (Wildman–Crippen MR) is 138 cm³/mol. The van der Waals surface area contributed by atoms with E-state index < -0.39 is 0 Å². The summed E-state index contributed by atoms with van der Waals surface area (Å²) in [4.78, 5) is 22.0. The number of benzene rings is 1. The van der Waals surface area contributed by atoms with Gasteiger partial charge >= 0.3 is 0 Å². The molecule has 0 aliphatic carbocycles. The first-order valence-corrected chi connectivity index (χ1v) is 12.2. The van der Waals surface area contributed by atoms with E-state index in [0.717, 1.165) is 43.1 Å². The number of hydrogen-bond acceptors (Lipinski definition) is 7. The number of thiocarbonyl (C=S) groups is 1. The monoisotopic (exact) mass is 478 g/mol. The summed E-state index contributed by atoms with van der Waals surface area (Å²) in [5.41, 5.74) is 4.85. The van der Waals surface area contributed by atoms with E-state index in [9.17, 15) is 4.79 Å². The Morgan fingerprint density at radius 1 is 1.06 bits per heavy atom. The maximum atomic E-state index is 12.0. The van der Waals surface area contributed by atoms with Crippen LogP contribution in [0.2, 0.25) is 0 Å². The van der Waals surface area contributed by atoms with Crippen molar-refractivity contribution in [3.05, 3.63) is 53.2 Å². The highest BCUT2D eigenvalue weighted by Crippen LogP contribution is 2.27. The molecule has 0 saturated carbocycles. The van der Waals surface area contributed by atoms with Gasteiger partial charge in [-0.1, -0.05) is 36.1 Å². The minimum absolute atomic E-state index is 0.184. The molecule has 0 unspecified atom stereocenters. The third-order valence-corrected chi connectivity index (χ3v) is 7.22. The number of hydrogen-bond donors (Lipinski definition) is 1. The van der Waals surface area contributed by atoms with Crippen molar-refractivity contribution in [1.82, 2.24) is 24.8 Å². The molecule has 2 aromatic heterocycles. The second-order valence-corrected chi connectivity index (χ2v) is 10.9. The first kappa shape index (κ1) is 22.1. The van der Waals surface area contributed by atoms with Crippen LogP contribution in [-0.4, -0.2) is 61.4 Å². The fraction of sp³-hybridized carbons (Fsp3) is 0.333. The van der Waals surface area contributed by atoms with Crippen LogP contribution in [0.25, 0.3) is 23.0 Å². The number of piperazine rings is 1. The molecular formula is C24H26N6OS2. The number of rotatable bonds is 3. The average Bonchev–Trinajstić information content (AvgIpc) is 3.35. The van der Waals surface area contributed by atoms with Gasteiger partial charge in [0.2, 0.25) is 0 Å². The van der Waals surface area contributed by atoms with Gasteiger partial charge in [0, 0.05) is 43.0 Å². The van der Waals surface area contributed by atoms with Gasteiger partial charge in [0.15, 0.2) is 5.65 Å². The van der Waals surface area contributed by atoms with Gasteiger partial charge in [0.1, 0.15) is 4.32 Å². The van der Waals surface area contributed by atoms with E-state index in [2.05, 4.69) is 65.1 Å². The van der Waals surface area contributed by atoms with Gasteiger partial charge in [-0.15, -0.1) is 0 Å². The number of amides is 1. The Morgan fingerprint density at radius 3 is 2.42 bits per heavy atom. The zero-order valence-corrected chi connectivity index (χ0v) is 20.5. The highest BCUT2D eigenvalue weighted by atomic mass is 32.2. The second-order valence-electron chi connectivity index (χ2n) is 9.22. The first-order chi connectivity index (χ1) is 15.8. The molecule has 9 heteroatoms. The van der Waals surface area contributed by atoms with Crippen LogP contribution in [0.4, 0.5) is 5.69 Å². The molecule has 33 heavy (non-hydrogen) atoms. The van der Waals surface area contributed by atoms with Crippen molar-refractivity contribution in [2.45, 2.75) is 26.3 Å². The summed E-state index contributed by atoms with van der Waals surface area (Å²) in [6.45, 7) is 11.0. The van der Waals surface area contributed by atoms with Crippen molar-refractivity contribution in [2.24, 2.45) is 0 Å². The number of imidazole rings is 1. The zero-order chi connectivity index (χ0) is 23.2. The molecular weight excluding hydrogens is 452 g/mol. The van der Waals surface area contributed by atoms with Gasteiger partial charge in [-0.3, -0.25) is 9.69 Å². The minimum atomic E-state index is -0.184. The number of aromatic nitrogens is 3. The number of nitrogens with one attached hydrogen (secondary N) is 1. The summed E-state index contributed by atoms with van der Waals surface area (Å²) < 4.78 is 2.29. The topological polar surface area (TPSA) is 65.8 Å². The lowest BCUT2D eigenvalue weighted by molar-refractivity contribution is -0.115. The van der Waals surface area contributed by atoms with Crippen LogP contribution in [0.15, 0.2) is 47.5 Å². The van der Waals surface area contributed by atoms with Crippen LogP contribution in [0.1, 0.15) is 26.5 Å². The number of carbonyl (C=O) groups excluding carboxylic acids is 1. The van der Waals surface area contributed by atoms with Crippen LogP contribution in [0.3, 0.4) is 0 Å². The lowest BCUT2D eigenvalue weighted by Crippen LogP contribution is -2.53. The van der Waals surface area contributed by atoms with E-state index in [1.54, 1.807) is 6.08 Å². The molecule has 3 aromatic rings. The highest BCUT2D eigenvalue weighted by molar-refractivity contribution is 8.26.